The first kappa shape index (κ1) is 12.6. The maximum absolute atomic E-state index is 12.8. The van der Waals surface area contributed by atoms with Crippen molar-refractivity contribution in [2.24, 2.45) is 5.41 Å². The molecule has 1 aliphatic carbocycles. The molecule has 1 fully saturated rings. The fourth-order valence-electron chi connectivity index (χ4n) is 2.46. The normalized spacial score (nSPS) is 17.2. The molecule has 0 saturated heterocycles. The summed E-state index contributed by atoms with van der Waals surface area (Å²) in [6.45, 7) is 0. The summed E-state index contributed by atoms with van der Waals surface area (Å²) >= 11 is 0. The minimum Gasteiger partial charge on any atom is -0.314 e. The Kier molecular flexibility index (Phi) is 3.33. The second kappa shape index (κ2) is 4.77. The van der Waals surface area contributed by atoms with Gasteiger partial charge >= 0.3 is 0 Å². The third kappa shape index (κ3) is 2.08. The molecule has 1 aliphatic rings. The van der Waals surface area contributed by atoms with Crippen molar-refractivity contribution in [1.82, 2.24) is 0 Å². The van der Waals surface area contributed by atoms with E-state index in [1.807, 2.05) is 0 Å². The van der Waals surface area contributed by atoms with Crippen molar-refractivity contribution in [1.29, 1.82) is 5.26 Å². The van der Waals surface area contributed by atoms with Crippen LogP contribution in [0.2, 0.25) is 0 Å². The molecule has 0 aromatic heterocycles. The number of carbonyl (C=O) groups is 1. The minimum absolute atomic E-state index is 0.186. The first-order valence-electron chi connectivity index (χ1n) is 6.04. The van der Waals surface area contributed by atoms with Crippen LogP contribution in [0.1, 0.15) is 25.7 Å². The van der Waals surface area contributed by atoms with E-state index in [9.17, 15) is 14.4 Å². The van der Waals surface area contributed by atoms with Crippen LogP contribution in [-0.4, -0.2) is 13.0 Å². The fraction of sp³-hybridized carbons (Fsp3) is 0.429. The molecule has 1 amide bonds. The number of anilines is 1. The number of rotatable bonds is 2. The van der Waals surface area contributed by atoms with Crippen LogP contribution in [0, 0.1) is 22.6 Å². The van der Waals surface area contributed by atoms with Gasteiger partial charge in [-0.15, -0.1) is 0 Å². The Morgan fingerprint density at radius 1 is 1.33 bits per heavy atom. The molecule has 1 aromatic carbocycles. The molecule has 4 heteroatoms. The van der Waals surface area contributed by atoms with Crippen molar-refractivity contribution >= 4 is 11.6 Å². The van der Waals surface area contributed by atoms with Gasteiger partial charge in [0.25, 0.3) is 0 Å². The van der Waals surface area contributed by atoms with Crippen LogP contribution in [0.15, 0.2) is 24.3 Å². The van der Waals surface area contributed by atoms with Crippen molar-refractivity contribution in [3.8, 4) is 6.07 Å². The van der Waals surface area contributed by atoms with Crippen LogP contribution in [0.25, 0.3) is 0 Å². The Labute approximate surface area is 106 Å². The number of hydrogen-bond acceptors (Lipinski definition) is 2. The number of hydrogen-bond donors (Lipinski definition) is 0. The zero-order valence-corrected chi connectivity index (χ0v) is 10.3. The van der Waals surface area contributed by atoms with Crippen LogP contribution in [0.4, 0.5) is 10.1 Å². The number of amides is 1. The van der Waals surface area contributed by atoms with Crippen LogP contribution in [0.3, 0.4) is 0 Å². The van der Waals surface area contributed by atoms with E-state index in [2.05, 4.69) is 6.07 Å². The van der Waals surface area contributed by atoms with Gasteiger partial charge < -0.3 is 4.90 Å². The second-order valence-electron chi connectivity index (χ2n) is 4.74. The largest absolute Gasteiger partial charge is 0.314 e. The Bertz CT molecular complexity index is 484. The van der Waals surface area contributed by atoms with E-state index in [-0.39, 0.29) is 11.7 Å². The van der Waals surface area contributed by atoms with Crippen molar-refractivity contribution in [3.05, 3.63) is 30.1 Å². The summed E-state index contributed by atoms with van der Waals surface area (Å²) in [4.78, 5) is 13.8. The maximum Gasteiger partial charge on any atom is 0.247 e. The van der Waals surface area contributed by atoms with E-state index >= 15 is 0 Å². The average molecular weight is 246 g/mol. The molecular weight excluding hydrogens is 231 g/mol. The first-order valence-corrected chi connectivity index (χ1v) is 6.04. The van der Waals surface area contributed by atoms with Gasteiger partial charge in [-0.3, -0.25) is 4.79 Å². The monoisotopic (exact) mass is 246 g/mol. The predicted molar refractivity (Wildman–Crippen MR) is 66.3 cm³/mol. The topological polar surface area (TPSA) is 44.1 Å². The third-order valence-corrected chi connectivity index (χ3v) is 3.60. The molecule has 1 saturated carbocycles. The predicted octanol–water partition coefficient (Wildman–Crippen LogP) is 2.87. The summed E-state index contributed by atoms with van der Waals surface area (Å²) in [7, 11) is 1.63. The van der Waals surface area contributed by atoms with Crippen molar-refractivity contribution in [3.63, 3.8) is 0 Å². The SMILES string of the molecule is CN(C(=O)C1(C#N)CCCC1)c1ccc(F)cc1. The number of benzene rings is 1. The molecule has 3 nitrogen and oxygen atoms in total. The standard InChI is InChI=1S/C14H15FN2O/c1-17(12-6-4-11(15)5-7-12)13(18)14(10-16)8-2-3-9-14/h4-7H,2-3,8-9H2,1H3. The average Bonchev–Trinajstić information content (AvgIpc) is 2.88. The van der Waals surface area contributed by atoms with Crippen LogP contribution < -0.4 is 4.90 Å². The lowest BCUT2D eigenvalue weighted by Crippen LogP contribution is -2.39. The van der Waals surface area contributed by atoms with Crippen LogP contribution in [0.5, 0.6) is 0 Å². The summed E-state index contributed by atoms with van der Waals surface area (Å²) in [5.74, 6) is -0.524. The molecule has 1 aromatic rings. The van der Waals surface area contributed by atoms with Gasteiger partial charge in [0.05, 0.1) is 6.07 Å². The summed E-state index contributed by atoms with van der Waals surface area (Å²) in [6.07, 6.45) is 3.06. The number of nitrogens with zero attached hydrogens (tertiary/aromatic N) is 2. The maximum atomic E-state index is 12.8. The number of nitriles is 1. The van der Waals surface area contributed by atoms with Crippen LogP contribution >= 0.6 is 0 Å². The van der Waals surface area contributed by atoms with E-state index in [4.69, 9.17) is 0 Å². The molecule has 0 radical (unpaired) electrons. The Balaban J connectivity index is 2.23. The number of carbonyl (C=O) groups excluding carboxylic acids is 1. The molecule has 18 heavy (non-hydrogen) atoms. The van der Waals surface area contributed by atoms with E-state index in [0.29, 0.717) is 18.5 Å². The molecule has 0 unspecified atom stereocenters. The van der Waals surface area contributed by atoms with Gasteiger partial charge in [-0.05, 0) is 37.1 Å². The fourth-order valence-corrected chi connectivity index (χ4v) is 2.46. The lowest BCUT2D eigenvalue weighted by Gasteiger charge is -2.26. The quantitative estimate of drug-likeness (QED) is 0.805. The lowest BCUT2D eigenvalue weighted by atomic mass is 9.86. The van der Waals surface area contributed by atoms with E-state index < -0.39 is 5.41 Å². The highest BCUT2D eigenvalue weighted by atomic mass is 19.1. The highest BCUT2D eigenvalue weighted by molar-refractivity contribution is 5.99. The lowest BCUT2D eigenvalue weighted by molar-refractivity contribution is -0.124. The summed E-state index contributed by atoms with van der Waals surface area (Å²) in [5, 5.41) is 9.27. The molecule has 2 rings (SSSR count). The summed E-state index contributed by atoms with van der Waals surface area (Å²) in [5.41, 5.74) is -0.272. The van der Waals surface area contributed by atoms with E-state index in [0.717, 1.165) is 12.8 Å². The van der Waals surface area contributed by atoms with Crippen molar-refractivity contribution < 1.29 is 9.18 Å². The molecule has 0 bridgehead atoms. The van der Waals surface area contributed by atoms with Gasteiger partial charge in [0.15, 0.2) is 0 Å². The van der Waals surface area contributed by atoms with Gasteiger partial charge in [-0.25, -0.2) is 4.39 Å². The number of halogens is 1. The van der Waals surface area contributed by atoms with Gasteiger partial charge in [-0.2, -0.15) is 5.26 Å². The smallest absolute Gasteiger partial charge is 0.247 e. The molecule has 0 N–H and O–H groups in total. The van der Waals surface area contributed by atoms with Gasteiger partial charge in [0.2, 0.25) is 5.91 Å². The van der Waals surface area contributed by atoms with Crippen LogP contribution in [-0.2, 0) is 4.79 Å². The Morgan fingerprint density at radius 3 is 2.39 bits per heavy atom. The molecule has 0 heterocycles. The highest BCUT2D eigenvalue weighted by Gasteiger charge is 2.43. The van der Waals surface area contributed by atoms with Gasteiger partial charge in [0.1, 0.15) is 11.2 Å². The van der Waals surface area contributed by atoms with E-state index in [1.54, 1.807) is 19.2 Å². The van der Waals surface area contributed by atoms with Gasteiger partial charge in [-0.1, -0.05) is 12.8 Å². The zero-order valence-electron chi connectivity index (χ0n) is 10.3. The summed E-state index contributed by atoms with van der Waals surface area (Å²) < 4.78 is 12.8. The molecule has 0 spiro atoms. The first-order chi connectivity index (χ1) is 8.59. The third-order valence-electron chi connectivity index (χ3n) is 3.60. The summed E-state index contributed by atoms with van der Waals surface area (Å²) in [6, 6.07) is 7.90. The Hall–Kier alpha value is -1.89. The Morgan fingerprint density at radius 2 is 1.89 bits per heavy atom. The zero-order chi connectivity index (χ0) is 13.2. The molecular formula is C14H15FN2O. The van der Waals surface area contributed by atoms with Gasteiger partial charge in [0, 0.05) is 12.7 Å². The van der Waals surface area contributed by atoms with Crippen molar-refractivity contribution in [2.45, 2.75) is 25.7 Å². The van der Waals surface area contributed by atoms with E-state index in [1.165, 1.54) is 17.0 Å². The minimum atomic E-state index is -0.886. The highest BCUT2D eigenvalue weighted by Crippen LogP contribution is 2.39. The molecule has 0 atom stereocenters. The molecule has 94 valence electrons. The molecule has 0 aliphatic heterocycles. The van der Waals surface area contributed by atoms with Crippen molar-refractivity contribution in [2.75, 3.05) is 11.9 Å². The second-order valence-corrected chi connectivity index (χ2v) is 4.74.